The summed E-state index contributed by atoms with van der Waals surface area (Å²) < 4.78 is 7.02. The van der Waals surface area contributed by atoms with Crippen molar-refractivity contribution in [2.24, 2.45) is 13.0 Å². The monoisotopic (exact) mass is 516 g/mol. The summed E-state index contributed by atoms with van der Waals surface area (Å²) in [6.45, 7) is 19.8. The van der Waals surface area contributed by atoms with Gasteiger partial charge in [0.1, 0.15) is 5.52 Å². The van der Waals surface area contributed by atoms with E-state index in [4.69, 9.17) is 9.72 Å². The number of ether oxygens (including phenoxy) is 1. The third kappa shape index (κ3) is 6.69. The molecule has 2 fully saturated rings. The summed E-state index contributed by atoms with van der Waals surface area (Å²) in [5.41, 5.74) is 1.64. The molecule has 0 unspecified atom stereocenters. The summed E-state index contributed by atoms with van der Waals surface area (Å²) in [6.07, 6.45) is 0. The molecular formula is C26H44N8O3. The number of H-pyrrole nitrogens is 1. The standard InChI is InChI=1S/C26H44N8O3/c1-19(2)17-34(25-27-21-22(24(36)28-25)30(6)29-23(21)26(3,4)5)12-9-31-7-10-33(11-8-31)20(35)18-32-13-15-37-16-14-32/h19H,7-18H2,1-6H3,(H,27,28,36). The van der Waals surface area contributed by atoms with Crippen LogP contribution < -0.4 is 10.5 Å². The highest BCUT2D eigenvalue weighted by Gasteiger charge is 2.27. The fourth-order valence-corrected chi connectivity index (χ4v) is 5.08. The summed E-state index contributed by atoms with van der Waals surface area (Å²) in [6, 6.07) is 0. The first-order chi connectivity index (χ1) is 17.5. The molecule has 2 saturated heterocycles. The van der Waals surface area contributed by atoms with E-state index in [-0.39, 0.29) is 16.9 Å². The van der Waals surface area contributed by atoms with Crippen LogP contribution >= 0.6 is 0 Å². The largest absolute Gasteiger partial charge is 0.379 e. The Morgan fingerprint density at radius 2 is 1.76 bits per heavy atom. The fourth-order valence-electron chi connectivity index (χ4n) is 5.08. The van der Waals surface area contributed by atoms with Crippen LogP contribution in [0.1, 0.15) is 40.3 Å². The van der Waals surface area contributed by atoms with Crippen LogP contribution in [0.4, 0.5) is 5.95 Å². The van der Waals surface area contributed by atoms with Crippen LogP contribution in [-0.2, 0) is 22.0 Å². The first-order valence-electron chi connectivity index (χ1n) is 13.6. The van der Waals surface area contributed by atoms with Crippen LogP contribution in [0.25, 0.3) is 11.0 Å². The summed E-state index contributed by atoms with van der Waals surface area (Å²) >= 11 is 0. The van der Waals surface area contributed by atoms with E-state index in [1.807, 2.05) is 4.90 Å². The minimum Gasteiger partial charge on any atom is -0.379 e. The van der Waals surface area contributed by atoms with Crippen LogP contribution in [0.15, 0.2) is 4.79 Å². The third-order valence-corrected chi connectivity index (χ3v) is 7.15. The van der Waals surface area contributed by atoms with Crippen molar-refractivity contribution in [2.75, 3.05) is 83.6 Å². The quantitative estimate of drug-likeness (QED) is 0.552. The number of morpholine rings is 1. The Hall–Kier alpha value is -2.50. The normalized spacial score (nSPS) is 18.2. The number of aromatic nitrogens is 4. The van der Waals surface area contributed by atoms with Crippen molar-refractivity contribution in [3.05, 3.63) is 16.0 Å². The molecule has 4 heterocycles. The number of anilines is 1. The molecule has 0 saturated carbocycles. The number of hydrogen-bond acceptors (Lipinski definition) is 8. The Kier molecular flexibility index (Phi) is 8.55. The van der Waals surface area contributed by atoms with Gasteiger partial charge in [-0.1, -0.05) is 34.6 Å². The van der Waals surface area contributed by atoms with E-state index in [0.717, 1.165) is 64.6 Å². The molecule has 0 atom stereocenters. The first-order valence-corrected chi connectivity index (χ1v) is 13.6. The maximum atomic E-state index is 13.1. The number of aromatic amines is 1. The lowest BCUT2D eigenvalue weighted by Crippen LogP contribution is -2.53. The van der Waals surface area contributed by atoms with Gasteiger partial charge in [0.15, 0.2) is 5.52 Å². The van der Waals surface area contributed by atoms with Crippen molar-refractivity contribution in [1.29, 1.82) is 0 Å². The van der Waals surface area contributed by atoms with Crippen LogP contribution in [0.5, 0.6) is 0 Å². The molecule has 2 aromatic heterocycles. The minimum atomic E-state index is -0.223. The van der Waals surface area contributed by atoms with E-state index in [1.54, 1.807) is 11.7 Å². The van der Waals surface area contributed by atoms with Gasteiger partial charge in [-0.05, 0) is 5.92 Å². The number of carbonyl (C=O) groups is 1. The summed E-state index contributed by atoms with van der Waals surface area (Å²) in [5, 5.41) is 4.63. The fraction of sp³-hybridized carbons (Fsp3) is 0.769. The molecule has 11 heteroatoms. The molecule has 1 amide bonds. The van der Waals surface area contributed by atoms with Gasteiger partial charge in [-0.25, -0.2) is 4.98 Å². The summed E-state index contributed by atoms with van der Waals surface area (Å²) in [7, 11) is 1.80. The molecule has 206 valence electrons. The third-order valence-electron chi connectivity index (χ3n) is 7.15. The molecule has 0 bridgehead atoms. The van der Waals surface area contributed by atoms with Crippen LogP contribution in [0, 0.1) is 5.92 Å². The second kappa shape index (κ2) is 11.5. The predicted molar refractivity (Wildman–Crippen MR) is 145 cm³/mol. The lowest BCUT2D eigenvalue weighted by atomic mass is 9.91. The van der Waals surface area contributed by atoms with Gasteiger partial charge in [0.05, 0.1) is 25.5 Å². The number of amides is 1. The molecule has 2 aliphatic heterocycles. The number of nitrogens with one attached hydrogen (secondary N) is 1. The molecule has 0 spiro atoms. The number of nitrogens with zero attached hydrogens (tertiary/aromatic N) is 7. The molecule has 0 aliphatic carbocycles. The number of fused-ring (bicyclic) bond motifs is 1. The first kappa shape index (κ1) is 27.5. The average molecular weight is 517 g/mol. The van der Waals surface area contributed by atoms with Crippen molar-refractivity contribution in [2.45, 2.75) is 40.0 Å². The summed E-state index contributed by atoms with van der Waals surface area (Å²) in [5.74, 6) is 1.22. The van der Waals surface area contributed by atoms with E-state index >= 15 is 0 Å². The highest BCUT2D eigenvalue weighted by molar-refractivity contribution is 5.79. The topological polar surface area (TPSA) is 103 Å². The molecule has 37 heavy (non-hydrogen) atoms. The molecule has 2 aromatic rings. The maximum Gasteiger partial charge on any atom is 0.278 e. The van der Waals surface area contributed by atoms with Crippen LogP contribution in [-0.4, -0.2) is 119 Å². The molecule has 0 aromatic carbocycles. The zero-order valence-electron chi connectivity index (χ0n) is 23.4. The molecule has 1 N–H and O–H groups in total. The highest BCUT2D eigenvalue weighted by atomic mass is 16.5. The van der Waals surface area contributed by atoms with Gasteiger partial charge in [-0.3, -0.25) is 29.1 Å². The van der Waals surface area contributed by atoms with Crippen molar-refractivity contribution in [3.63, 3.8) is 0 Å². The molecule has 4 rings (SSSR count). The zero-order valence-corrected chi connectivity index (χ0v) is 23.4. The van der Waals surface area contributed by atoms with E-state index in [2.05, 4.69) is 59.4 Å². The Labute approximate surface area is 219 Å². The van der Waals surface area contributed by atoms with Crippen LogP contribution in [0.3, 0.4) is 0 Å². The Morgan fingerprint density at radius 3 is 2.38 bits per heavy atom. The van der Waals surface area contributed by atoms with Crippen molar-refractivity contribution >= 4 is 22.9 Å². The second-order valence-corrected chi connectivity index (χ2v) is 11.8. The number of piperazine rings is 1. The second-order valence-electron chi connectivity index (χ2n) is 11.8. The molecule has 11 nitrogen and oxygen atoms in total. The molecule has 2 aliphatic rings. The average Bonchev–Trinajstić information content (AvgIpc) is 3.20. The van der Waals surface area contributed by atoms with Crippen LogP contribution in [0.2, 0.25) is 0 Å². The maximum absolute atomic E-state index is 13.1. The van der Waals surface area contributed by atoms with Crippen molar-refractivity contribution < 1.29 is 9.53 Å². The smallest absolute Gasteiger partial charge is 0.278 e. The van der Waals surface area contributed by atoms with E-state index < -0.39 is 0 Å². The summed E-state index contributed by atoms with van der Waals surface area (Å²) in [4.78, 5) is 42.5. The van der Waals surface area contributed by atoms with E-state index in [0.29, 0.717) is 42.7 Å². The van der Waals surface area contributed by atoms with E-state index in [9.17, 15) is 9.59 Å². The number of hydrogen-bond donors (Lipinski definition) is 1. The van der Waals surface area contributed by atoms with Crippen molar-refractivity contribution in [3.8, 4) is 0 Å². The van der Waals surface area contributed by atoms with Gasteiger partial charge in [0.25, 0.3) is 5.56 Å². The Morgan fingerprint density at radius 1 is 1.08 bits per heavy atom. The van der Waals surface area contributed by atoms with Gasteiger partial charge in [-0.15, -0.1) is 0 Å². The van der Waals surface area contributed by atoms with Gasteiger partial charge in [0.2, 0.25) is 11.9 Å². The number of carbonyl (C=O) groups excluding carboxylic acids is 1. The van der Waals surface area contributed by atoms with Crippen molar-refractivity contribution in [1.82, 2.24) is 34.4 Å². The van der Waals surface area contributed by atoms with Gasteiger partial charge in [-0.2, -0.15) is 5.10 Å². The lowest BCUT2D eigenvalue weighted by Gasteiger charge is -2.37. The highest BCUT2D eigenvalue weighted by Crippen LogP contribution is 2.27. The predicted octanol–water partition coefficient (Wildman–Crippen LogP) is 0.893. The minimum absolute atomic E-state index is 0.161. The Balaban J connectivity index is 1.41. The van der Waals surface area contributed by atoms with Gasteiger partial charge >= 0.3 is 0 Å². The zero-order chi connectivity index (χ0) is 26.7. The molecular weight excluding hydrogens is 472 g/mol. The number of aryl methyl sites for hydroxylation is 1. The van der Waals surface area contributed by atoms with E-state index in [1.165, 1.54) is 0 Å². The SMILES string of the molecule is CC(C)CN(CCN1CCN(C(=O)CN2CCOCC2)CC1)c1nc2c(C(C)(C)C)nn(C)c2c(=O)[nH]1. The van der Waals surface area contributed by atoms with Gasteiger partial charge in [0, 0.05) is 71.4 Å². The molecule has 0 radical (unpaired) electrons. The Bertz CT molecular complexity index is 1120. The lowest BCUT2D eigenvalue weighted by molar-refractivity contribution is -0.135. The van der Waals surface area contributed by atoms with Gasteiger partial charge < -0.3 is 14.5 Å². The number of rotatable bonds is 8.